The summed E-state index contributed by atoms with van der Waals surface area (Å²) in [5, 5.41) is 0. The van der Waals surface area contributed by atoms with Gasteiger partial charge < -0.3 is 0 Å². The van der Waals surface area contributed by atoms with Gasteiger partial charge in [-0.25, -0.2) is 8.78 Å². The number of rotatable bonds is 2. The number of hydrogen-bond acceptors (Lipinski definition) is 0. The molecule has 2 rings (SSSR count). The van der Waals surface area contributed by atoms with Crippen molar-refractivity contribution in [2.75, 3.05) is 0 Å². The maximum absolute atomic E-state index is 13.1. The summed E-state index contributed by atoms with van der Waals surface area (Å²) < 4.78 is 26.9. The van der Waals surface area contributed by atoms with Gasteiger partial charge >= 0.3 is 0 Å². The van der Waals surface area contributed by atoms with Gasteiger partial charge in [0.1, 0.15) is 0 Å². The van der Waals surface area contributed by atoms with E-state index in [1.165, 1.54) is 6.07 Å². The highest BCUT2D eigenvalue weighted by Crippen LogP contribution is 2.35. The van der Waals surface area contributed by atoms with Gasteiger partial charge in [0.05, 0.1) is 4.83 Å². The summed E-state index contributed by atoms with van der Waals surface area (Å²) in [6, 6.07) is 11.5. The summed E-state index contributed by atoms with van der Waals surface area (Å²) in [4.78, 5) is -0.173. The maximum atomic E-state index is 13.1. The van der Waals surface area contributed by atoms with Gasteiger partial charge in [0.2, 0.25) is 0 Å². The minimum Gasteiger partial charge on any atom is -0.204 e. The van der Waals surface area contributed by atoms with E-state index in [9.17, 15) is 8.78 Å². The van der Waals surface area contributed by atoms with E-state index in [-0.39, 0.29) is 4.83 Å². The first kappa shape index (κ1) is 12.7. The van der Waals surface area contributed by atoms with Crippen molar-refractivity contribution in [2.45, 2.75) is 4.83 Å². The molecule has 0 saturated carbocycles. The topological polar surface area (TPSA) is 0 Å². The van der Waals surface area contributed by atoms with Gasteiger partial charge in [-0.2, -0.15) is 0 Å². The standard InChI is InChI=1S/C13H8Br2F2/c14-10-4-2-1-3-9(10)13(15)8-5-6-11(16)12(17)7-8/h1-7,13H. The second kappa shape index (κ2) is 5.27. The Bertz CT molecular complexity index is 541. The Morgan fingerprint density at radius 3 is 2.29 bits per heavy atom. The Kier molecular flexibility index (Phi) is 3.94. The highest BCUT2D eigenvalue weighted by Gasteiger charge is 2.14. The largest absolute Gasteiger partial charge is 0.204 e. The zero-order chi connectivity index (χ0) is 12.4. The highest BCUT2D eigenvalue weighted by atomic mass is 79.9. The molecule has 0 fully saturated rings. The third-order valence-electron chi connectivity index (χ3n) is 2.41. The predicted octanol–water partition coefficient (Wildman–Crippen LogP) is 5.21. The van der Waals surface area contributed by atoms with Crippen LogP contribution in [0.4, 0.5) is 8.78 Å². The lowest BCUT2D eigenvalue weighted by molar-refractivity contribution is 0.507. The fourth-order valence-electron chi connectivity index (χ4n) is 1.53. The van der Waals surface area contributed by atoms with E-state index in [0.29, 0.717) is 5.56 Å². The van der Waals surface area contributed by atoms with Crippen molar-refractivity contribution in [3.8, 4) is 0 Å². The zero-order valence-electron chi connectivity index (χ0n) is 8.63. The quantitative estimate of drug-likeness (QED) is 0.644. The molecular formula is C13H8Br2F2. The average molecular weight is 362 g/mol. The molecule has 1 unspecified atom stereocenters. The summed E-state index contributed by atoms with van der Waals surface area (Å²) in [6.07, 6.45) is 0. The van der Waals surface area contributed by atoms with Crippen LogP contribution in [-0.4, -0.2) is 0 Å². The molecule has 0 N–H and O–H groups in total. The molecule has 0 radical (unpaired) electrons. The summed E-state index contributed by atoms with van der Waals surface area (Å²) in [5.41, 5.74) is 1.65. The van der Waals surface area contributed by atoms with Gasteiger partial charge in [-0.05, 0) is 29.3 Å². The van der Waals surface area contributed by atoms with E-state index < -0.39 is 11.6 Å². The minimum atomic E-state index is -0.834. The van der Waals surface area contributed by atoms with Crippen molar-refractivity contribution >= 4 is 31.9 Å². The molecular weight excluding hydrogens is 354 g/mol. The van der Waals surface area contributed by atoms with E-state index in [0.717, 1.165) is 16.1 Å². The van der Waals surface area contributed by atoms with Crippen LogP contribution in [0.25, 0.3) is 0 Å². The molecule has 17 heavy (non-hydrogen) atoms. The van der Waals surface area contributed by atoms with Gasteiger partial charge in [-0.15, -0.1) is 0 Å². The molecule has 0 aliphatic heterocycles. The molecule has 0 bridgehead atoms. The monoisotopic (exact) mass is 360 g/mol. The Morgan fingerprint density at radius 1 is 0.941 bits per heavy atom. The van der Waals surface area contributed by atoms with Crippen molar-refractivity contribution in [1.29, 1.82) is 0 Å². The second-order valence-corrected chi connectivity index (χ2v) is 5.33. The maximum Gasteiger partial charge on any atom is 0.159 e. The van der Waals surface area contributed by atoms with E-state index in [1.54, 1.807) is 6.07 Å². The first-order valence-electron chi connectivity index (χ1n) is 4.93. The number of hydrogen-bond donors (Lipinski definition) is 0. The number of alkyl halides is 1. The van der Waals surface area contributed by atoms with Crippen LogP contribution < -0.4 is 0 Å². The van der Waals surface area contributed by atoms with E-state index in [2.05, 4.69) is 31.9 Å². The van der Waals surface area contributed by atoms with Crippen LogP contribution in [0.2, 0.25) is 0 Å². The van der Waals surface area contributed by atoms with Crippen LogP contribution >= 0.6 is 31.9 Å². The number of benzene rings is 2. The molecule has 0 heterocycles. The third-order valence-corrected chi connectivity index (χ3v) is 4.16. The van der Waals surface area contributed by atoms with Crippen LogP contribution in [0.15, 0.2) is 46.9 Å². The summed E-state index contributed by atoms with van der Waals surface area (Å²) in [7, 11) is 0. The van der Waals surface area contributed by atoms with Crippen LogP contribution in [0.1, 0.15) is 16.0 Å². The van der Waals surface area contributed by atoms with Crippen molar-refractivity contribution in [3.05, 3.63) is 69.7 Å². The Balaban J connectivity index is 2.40. The summed E-state index contributed by atoms with van der Waals surface area (Å²) in [6.45, 7) is 0. The van der Waals surface area contributed by atoms with Gasteiger partial charge in [0.25, 0.3) is 0 Å². The lowest BCUT2D eigenvalue weighted by Crippen LogP contribution is -1.96. The van der Waals surface area contributed by atoms with E-state index in [1.807, 2.05) is 24.3 Å². The molecule has 2 aromatic rings. The Hall–Kier alpha value is -0.740. The van der Waals surface area contributed by atoms with E-state index in [4.69, 9.17) is 0 Å². The van der Waals surface area contributed by atoms with Crippen LogP contribution in [0.3, 0.4) is 0 Å². The average Bonchev–Trinajstić information content (AvgIpc) is 2.32. The van der Waals surface area contributed by atoms with E-state index >= 15 is 0 Å². The first-order valence-corrected chi connectivity index (χ1v) is 6.64. The molecule has 0 aromatic heterocycles. The summed E-state index contributed by atoms with van der Waals surface area (Å²) >= 11 is 6.91. The Morgan fingerprint density at radius 2 is 1.65 bits per heavy atom. The molecule has 0 saturated heterocycles. The van der Waals surface area contributed by atoms with Gasteiger partial charge in [-0.1, -0.05) is 56.1 Å². The molecule has 88 valence electrons. The van der Waals surface area contributed by atoms with Crippen LogP contribution in [0, 0.1) is 11.6 Å². The highest BCUT2D eigenvalue weighted by molar-refractivity contribution is 9.11. The lowest BCUT2D eigenvalue weighted by Gasteiger charge is -2.12. The minimum absolute atomic E-state index is 0.173. The van der Waals surface area contributed by atoms with Crippen LogP contribution in [0.5, 0.6) is 0 Å². The predicted molar refractivity (Wildman–Crippen MR) is 71.3 cm³/mol. The zero-order valence-corrected chi connectivity index (χ0v) is 11.8. The Labute approximate surface area is 115 Å². The second-order valence-electron chi connectivity index (χ2n) is 3.56. The van der Waals surface area contributed by atoms with Gasteiger partial charge in [-0.3, -0.25) is 0 Å². The molecule has 0 aliphatic carbocycles. The molecule has 4 heteroatoms. The van der Waals surface area contributed by atoms with Crippen molar-refractivity contribution in [3.63, 3.8) is 0 Å². The SMILES string of the molecule is Fc1ccc(C(Br)c2ccccc2Br)cc1F. The van der Waals surface area contributed by atoms with Gasteiger partial charge in [0, 0.05) is 4.47 Å². The fraction of sp³-hybridized carbons (Fsp3) is 0.0769. The molecule has 2 aromatic carbocycles. The van der Waals surface area contributed by atoms with Crippen molar-refractivity contribution in [1.82, 2.24) is 0 Å². The molecule has 0 amide bonds. The van der Waals surface area contributed by atoms with Gasteiger partial charge in [0.15, 0.2) is 11.6 Å². The first-order chi connectivity index (χ1) is 8.09. The van der Waals surface area contributed by atoms with Crippen molar-refractivity contribution in [2.24, 2.45) is 0 Å². The lowest BCUT2D eigenvalue weighted by atomic mass is 10.0. The fourth-order valence-corrected chi connectivity index (χ4v) is 3.04. The third kappa shape index (κ3) is 2.75. The smallest absolute Gasteiger partial charge is 0.159 e. The normalized spacial score (nSPS) is 12.5. The van der Waals surface area contributed by atoms with Crippen molar-refractivity contribution < 1.29 is 8.78 Å². The molecule has 0 aliphatic rings. The number of halogens is 4. The molecule has 1 atom stereocenters. The molecule has 0 spiro atoms. The molecule has 0 nitrogen and oxygen atoms in total. The summed E-state index contributed by atoms with van der Waals surface area (Å²) in [5.74, 6) is -1.67. The van der Waals surface area contributed by atoms with Crippen LogP contribution in [-0.2, 0) is 0 Å².